The molecule has 0 saturated carbocycles. The maximum atomic E-state index is 12.3. The molecule has 0 aliphatic carbocycles. The van der Waals surface area contributed by atoms with Crippen molar-refractivity contribution in [1.29, 1.82) is 0 Å². The van der Waals surface area contributed by atoms with E-state index in [9.17, 15) is 14.7 Å². The molecule has 1 unspecified atom stereocenters. The summed E-state index contributed by atoms with van der Waals surface area (Å²) in [5.41, 5.74) is -0.665. The van der Waals surface area contributed by atoms with Crippen LogP contribution in [0, 0.1) is 0 Å². The summed E-state index contributed by atoms with van der Waals surface area (Å²) >= 11 is 0. The standard InChI is InChI=1S/C14H18N4O3/c1-14(21)6-4-7-16(10-14)12(19)9-18-13(20)17-8-3-2-5-11(17)15-18/h2-3,5,8,21H,4,6-7,9-10H2,1H3. The second-order valence-corrected chi connectivity index (χ2v) is 5.78. The molecule has 7 nitrogen and oxygen atoms in total. The third kappa shape index (κ3) is 2.69. The number of hydrogen-bond acceptors (Lipinski definition) is 4. The minimum Gasteiger partial charge on any atom is -0.388 e. The van der Waals surface area contributed by atoms with Gasteiger partial charge in [0.05, 0.1) is 5.60 Å². The fourth-order valence-corrected chi connectivity index (χ4v) is 2.73. The molecule has 0 radical (unpaired) electrons. The first-order valence-corrected chi connectivity index (χ1v) is 7.01. The molecule has 0 bridgehead atoms. The van der Waals surface area contributed by atoms with E-state index in [1.807, 2.05) is 0 Å². The van der Waals surface area contributed by atoms with Gasteiger partial charge < -0.3 is 10.0 Å². The summed E-state index contributed by atoms with van der Waals surface area (Å²) in [5.74, 6) is -0.194. The van der Waals surface area contributed by atoms with Crippen molar-refractivity contribution in [1.82, 2.24) is 19.1 Å². The third-order valence-corrected chi connectivity index (χ3v) is 3.80. The van der Waals surface area contributed by atoms with E-state index in [2.05, 4.69) is 5.10 Å². The van der Waals surface area contributed by atoms with Crippen molar-refractivity contribution in [2.45, 2.75) is 31.9 Å². The first-order valence-electron chi connectivity index (χ1n) is 7.01. The number of hydrogen-bond donors (Lipinski definition) is 1. The van der Waals surface area contributed by atoms with Crippen LogP contribution in [0.25, 0.3) is 5.65 Å². The zero-order chi connectivity index (χ0) is 15.0. The van der Waals surface area contributed by atoms with Gasteiger partial charge in [-0.15, -0.1) is 5.10 Å². The number of likely N-dealkylation sites (tertiary alicyclic amines) is 1. The van der Waals surface area contributed by atoms with E-state index in [4.69, 9.17) is 0 Å². The number of aromatic nitrogens is 3. The van der Waals surface area contributed by atoms with Crippen LogP contribution < -0.4 is 5.69 Å². The van der Waals surface area contributed by atoms with Crippen LogP contribution in [0.2, 0.25) is 0 Å². The number of β-amino-alcohol motifs (C(OH)–C–C–N with tert-alkyl or cyclic N) is 1. The van der Waals surface area contributed by atoms with Crippen LogP contribution in [-0.4, -0.2) is 48.8 Å². The lowest BCUT2D eigenvalue weighted by Gasteiger charge is -2.36. The van der Waals surface area contributed by atoms with E-state index in [0.717, 1.165) is 6.42 Å². The molecule has 2 aromatic rings. The Bertz CT molecular complexity index is 731. The number of aliphatic hydroxyl groups is 1. The lowest BCUT2D eigenvalue weighted by atomic mass is 9.95. The van der Waals surface area contributed by atoms with Gasteiger partial charge in [-0.1, -0.05) is 6.07 Å². The van der Waals surface area contributed by atoms with Crippen LogP contribution in [0.3, 0.4) is 0 Å². The second kappa shape index (κ2) is 5.00. The highest BCUT2D eigenvalue weighted by molar-refractivity contribution is 5.76. The number of nitrogens with zero attached hydrogens (tertiary/aromatic N) is 4. The van der Waals surface area contributed by atoms with Gasteiger partial charge in [-0.05, 0) is 31.9 Å². The number of pyridine rings is 1. The predicted molar refractivity (Wildman–Crippen MR) is 75.9 cm³/mol. The smallest absolute Gasteiger partial charge is 0.350 e. The lowest BCUT2D eigenvalue weighted by Crippen LogP contribution is -2.50. The van der Waals surface area contributed by atoms with E-state index in [-0.39, 0.29) is 18.1 Å². The van der Waals surface area contributed by atoms with Crippen LogP contribution in [0.4, 0.5) is 0 Å². The molecule has 3 rings (SSSR count). The third-order valence-electron chi connectivity index (χ3n) is 3.80. The van der Waals surface area contributed by atoms with Gasteiger partial charge in [0, 0.05) is 19.3 Å². The number of fused-ring (bicyclic) bond motifs is 1. The highest BCUT2D eigenvalue weighted by atomic mass is 16.3. The van der Waals surface area contributed by atoms with Crippen molar-refractivity contribution in [3.8, 4) is 0 Å². The Labute approximate surface area is 121 Å². The topological polar surface area (TPSA) is 79.8 Å². The van der Waals surface area contributed by atoms with Crippen molar-refractivity contribution in [2.24, 2.45) is 0 Å². The zero-order valence-electron chi connectivity index (χ0n) is 11.9. The molecule has 21 heavy (non-hydrogen) atoms. The molecule has 7 heteroatoms. The number of carbonyl (C=O) groups excluding carboxylic acids is 1. The quantitative estimate of drug-likeness (QED) is 0.835. The molecule has 1 amide bonds. The molecular formula is C14H18N4O3. The van der Waals surface area contributed by atoms with E-state index in [0.29, 0.717) is 25.2 Å². The van der Waals surface area contributed by atoms with E-state index in [1.165, 1.54) is 9.08 Å². The van der Waals surface area contributed by atoms with E-state index in [1.54, 1.807) is 36.2 Å². The van der Waals surface area contributed by atoms with E-state index < -0.39 is 5.60 Å². The van der Waals surface area contributed by atoms with Gasteiger partial charge in [0.15, 0.2) is 5.65 Å². The first kappa shape index (κ1) is 13.8. The molecule has 1 aliphatic heterocycles. The summed E-state index contributed by atoms with van der Waals surface area (Å²) in [6.45, 7) is 2.53. The molecule has 0 aromatic carbocycles. The maximum absolute atomic E-state index is 12.3. The van der Waals surface area contributed by atoms with Crippen LogP contribution in [-0.2, 0) is 11.3 Å². The maximum Gasteiger partial charge on any atom is 0.350 e. The van der Waals surface area contributed by atoms with Crippen molar-refractivity contribution < 1.29 is 9.90 Å². The Kier molecular flexibility index (Phi) is 3.29. The fourth-order valence-electron chi connectivity index (χ4n) is 2.73. The van der Waals surface area contributed by atoms with Crippen molar-refractivity contribution in [3.63, 3.8) is 0 Å². The van der Waals surface area contributed by atoms with Gasteiger partial charge in [-0.25, -0.2) is 9.48 Å². The average molecular weight is 290 g/mol. The Morgan fingerprint density at radius 2 is 2.29 bits per heavy atom. The van der Waals surface area contributed by atoms with Crippen molar-refractivity contribution >= 4 is 11.6 Å². The van der Waals surface area contributed by atoms with Gasteiger partial charge in [-0.3, -0.25) is 9.20 Å². The van der Waals surface area contributed by atoms with Crippen LogP contribution >= 0.6 is 0 Å². The summed E-state index contributed by atoms with van der Waals surface area (Å²) in [5, 5.41) is 14.2. The Hall–Kier alpha value is -2.15. The molecule has 2 aromatic heterocycles. The fraction of sp³-hybridized carbons (Fsp3) is 0.500. The molecule has 1 saturated heterocycles. The van der Waals surface area contributed by atoms with Gasteiger partial charge in [0.2, 0.25) is 5.91 Å². The molecule has 3 heterocycles. The minimum atomic E-state index is -0.849. The Morgan fingerprint density at radius 3 is 3.00 bits per heavy atom. The first-order chi connectivity index (χ1) is 9.96. The molecule has 1 atom stereocenters. The molecule has 112 valence electrons. The number of amides is 1. The number of rotatable bonds is 2. The van der Waals surface area contributed by atoms with Gasteiger partial charge in [0.25, 0.3) is 0 Å². The summed E-state index contributed by atoms with van der Waals surface area (Å²) in [6.07, 6.45) is 3.07. The Morgan fingerprint density at radius 1 is 1.48 bits per heavy atom. The summed E-state index contributed by atoms with van der Waals surface area (Å²) < 4.78 is 2.57. The molecule has 1 N–H and O–H groups in total. The number of carbonyl (C=O) groups is 1. The van der Waals surface area contributed by atoms with Gasteiger partial charge in [-0.2, -0.15) is 0 Å². The van der Waals surface area contributed by atoms with E-state index >= 15 is 0 Å². The minimum absolute atomic E-state index is 0.101. The normalized spacial score (nSPS) is 22.7. The molecule has 0 spiro atoms. The van der Waals surface area contributed by atoms with Crippen LogP contribution in [0.15, 0.2) is 29.2 Å². The summed E-state index contributed by atoms with van der Waals surface area (Å²) in [4.78, 5) is 26.0. The highest BCUT2D eigenvalue weighted by Crippen LogP contribution is 2.20. The second-order valence-electron chi connectivity index (χ2n) is 5.78. The summed E-state index contributed by atoms with van der Waals surface area (Å²) in [7, 11) is 0. The SMILES string of the molecule is CC1(O)CCCN(C(=O)Cn2nc3ccccn3c2=O)C1. The molecular weight excluding hydrogens is 272 g/mol. The molecule has 1 fully saturated rings. The largest absolute Gasteiger partial charge is 0.388 e. The number of piperidine rings is 1. The predicted octanol–water partition coefficient (Wildman–Crippen LogP) is -0.131. The van der Waals surface area contributed by atoms with Crippen molar-refractivity contribution in [2.75, 3.05) is 13.1 Å². The van der Waals surface area contributed by atoms with Gasteiger partial charge >= 0.3 is 5.69 Å². The van der Waals surface area contributed by atoms with Crippen molar-refractivity contribution in [3.05, 3.63) is 34.9 Å². The highest BCUT2D eigenvalue weighted by Gasteiger charge is 2.31. The average Bonchev–Trinajstić information content (AvgIpc) is 2.75. The van der Waals surface area contributed by atoms with Crippen LogP contribution in [0.1, 0.15) is 19.8 Å². The summed E-state index contributed by atoms with van der Waals surface area (Å²) in [6, 6.07) is 5.24. The lowest BCUT2D eigenvalue weighted by molar-refractivity contribution is -0.138. The van der Waals surface area contributed by atoms with Gasteiger partial charge in [0.1, 0.15) is 6.54 Å². The zero-order valence-corrected chi connectivity index (χ0v) is 11.9. The Balaban J connectivity index is 1.80. The molecule has 1 aliphatic rings. The van der Waals surface area contributed by atoms with Crippen LogP contribution in [0.5, 0.6) is 0 Å². The monoisotopic (exact) mass is 290 g/mol.